The Hall–Kier alpha value is -1.06. The number of hydrogen-bond donors (Lipinski definition) is 2. The van der Waals surface area contributed by atoms with Crippen molar-refractivity contribution >= 4 is 18.3 Å². The van der Waals surface area contributed by atoms with Crippen molar-refractivity contribution in [1.29, 1.82) is 0 Å². The van der Waals surface area contributed by atoms with Crippen molar-refractivity contribution in [3.63, 3.8) is 0 Å². The molecule has 3 atom stereocenters. The zero-order valence-electron chi connectivity index (χ0n) is 13.7. The number of carbonyl (C=O) groups is 1. The summed E-state index contributed by atoms with van der Waals surface area (Å²) in [6.07, 6.45) is 1.09. The fourth-order valence-electron chi connectivity index (χ4n) is 2.08. The molecule has 0 radical (unpaired) electrons. The average molecular weight is 313 g/mol. The summed E-state index contributed by atoms with van der Waals surface area (Å²) in [7, 11) is 0. The van der Waals surface area contributed by atoms with Crippen molar-refractivity contribution < 1.29 is 4.79 Å². The Morgan fingerprint density at radius 2 is 1.62 bits per heavy atom. The predicted octanol–water partition coefficient (Wildman–Crippen LogP) is 3.47. The van der Waals surface area contributed by atoms with Gasteiger partial charge in [0.05, 0.1) is 6.04 Å². The maximum Gasteiger partial charge on any atom is 0.224 e. The molecule has 0 aliphatic heterocycles. The van der Waals surface area contributed by atoms with Gasteiger partial charge in [0.2, 0.25) is 5.91 Å². The lowest BCUT2D eigenvalue weighted by molar-refractivity contribution is -0.125. The molecule has 120 valence electrons. The summed E-state index contributed by atoms with van der Waals surface area (Å²) < 4.78 is 0. The van der Waals surface area contributed by atoms with E-state index in [2.05, 4.69) is 43.4 Å². The molecule has 21 heavy (non-hydrogen) atoms. The smallest absolute Gasteiger partial charge is 0.224 e. The Morgan fingerprint density at radius 1 is 1.10 bits per heavy atom. The molecule has 4 heteroatoms. The zero-order chi connectivity index (χ0) is 15.3. The molecule has 0 aliphatic rings. The van der Waals surface area contributed by atoms with E-state index in [9.17, 15) is 4.79 Å². The van der Waals surface area contributed by atoms with Crippen LogP contribution in [0, 0.1) is 11.8 Å². The van der Waals surface area contributed by atoms with E-state index in [1.54, 1.807) is 0 Å². The summed E-state index contributed by atoms with van der Waals surface area (Å²) in [4.78, 5) is 12.0. The summed E-state index contributed by atoms with van der Waals surface area (Å²) >= 11 is 0. The minimum Gasteiger partial charge on any atom is -0.349 e. The summed E-state index contributed by atoms with van der Waals surface area (Å²) in [6.45, 7) is 10.1. The molecule has 0 bridgehead atoms. The van der Waals surface area contributed by atoms with Crippen molar-refractivity contribution in [2.45, 2.75) is 53.1 Å². The van der Waals surface area contributed by atoms with Gasteiger partial charge < -0.3 is 11.1 Å². The van der Waals surface area contributed by atoms with Crippen LogP contribution < -0.4 is 11.1 Å². The lowest BCUT2D eigenvalue weighted by atomic mass is 9.99. The van der Waals surface area contributed by atoms with E-state index in [0.29, 0.717) is 5.92 Å². The van der Waals surface area contributed by atoms with Crippen LogP contribution in [-0.2, 0) is 11.2 Å². The van der Waals surface area contributed by atoms with E-state index in [-0.39, 0.29) is 36.3 Å². The van der Waals surface area contributed by atoms with Crippen molar-refractivity contribution in [3.8, 4) is 0 Å². The molecule has 0 aromatic heterocycles. The first-order chi connectivity index (χ1) is 9.31. The number of carbonyl (C=O) groups excluding carboxylic acids is 1. The standard InChI is InChI=1S/C17H28N2O.ClH/c1-11(2)10-15-6-8-16(9-7-15)14(5)19-17(20)12(3)13(4)18;/h6-9,11-14H,10,18H2,1-5H3,(H,19,20);1H. The number of rotatable bonds is 6. The number of benzene rings is 1. The molecule has 3 unspecified atom stereocenters. The number of nitrogens with two attached hydrogens (primary N) is 1. The fraction of sp³-hybridized carbons (Fsp3) is 0.588. The van der Waals surface area contributed by atoms with Crippen LogP contribution in [0.1, 0.15) is 51.8 Å². The van der Waals surface area contributed by atoms with Gasteiger partial charge >= 0.3 is 0 Å². The summed E-state index contributed by atoms with van der Waals surface area (Å²) in [6, 6.07) is 8.37. The van der Waals surface area contributed by atoms with Crippen LogP contribution in [0.3, 0.4) is 0 Å². The largest absolute Gasteiger partial charge is 0.349 e. The van der Waals surface area contributed by atoms with Crippen LogP contribution in [0.4, 0.5) is 0 Å². The number of amides is 1. The maximum absolute atomic E-state index is 12.0. The molecule has 0 saturated carbocycles. The highest BCUT2D eigenvalue weighted by Gasteiger charge is 2.19. The predicted molar refractivity (Wildman–Crippen MR) is 91.6 cm³/mol. The summed E-state index contributed by atoms with van der Waals surface area (Å²) in [5, 5.41) is 3.02. The first kappa shape index (κ1) is 19.9. The Balaban J connectivity index is 0.00000400. The molecule has 0 heterocycles. The Labute approximate surface area is 135 Å². The molecule has 0 aliphatic carbocycles. The van der Waals surface area contributed by atoms with Crippen LogP contribution in [0.15, 0.2) is 24.3 Å². The first-order valence-corrected chi connectivity index (χ1v) is 7.46. The van der Waals surface area contributed by atoms with Gasteiger partial charge in [-0.2, -0.15) is 0 Å². The highest BCUT2D eigenvalue weighted by molar-refractivity contribution is 5.85. The van der Waals surface area contributed by atoms with Crippen LogP contribution >= 0.6 is 12.4 Å². The third-order valence-electron chi connectivity index (χ3n) is 3.68. The number of nitrogens with one attached hydrogen (secondary N) is 1. The third kappa shape index (κ3) is 6.49. The molecule has 0 spiro atoms. The third-order valence-corrected chi connectivity index (χ3v) is 3.68. The monoisotopic (exact) mass is 312 g/mol. The quantitative estimate of drug-likeness (QED) is 0.845. The van der Waals surface area contributed by atoms with Gasteiger partial charge in [-0.3, -0.25) is 4.79 Å². The van der Waals surface area contributed by atoms with Crippen LogP contribution in [0.2, 0.25) is 0 Å². The van der Waals surface area contributed by atoms with E-state index < -0.39 is 0 Å². The van der Waals surface area contributed by atoms with Gasteiger partial charge in [-0.1, -0.05) is 45.0 Å². The second-order valence-electron chi connectivity index (χ2n) is 6.22. The van der Waals surface area contributed by atoms with Crippen molar-refractivity contribution in [3.05, 3.63) is 35.4 Å². The molecule has 1 aromatic rings. The van der Waals surface area contributed by atoms with E-state index >= 15 is 0 Å². The van der Waals surface area contributed by atoms with Crippen molar-refractivity contribution in [2.75, 3.05) is 0 Å². The lowest BCUT2D eigenvalue weighted by Crippen LogP contribution is -2.39. The normalized spacial score (nSPS) is 15.0. The van der Waals surface area contributed by atoms with Gasteiger partial charge in [0.1, 0.15) is 0 Å². The summed E-state index contributed by atoms with van der Waals surface area (Å²) in [5.74, 6) is 0.501. The van der Waals surface area contributed by atoms with Crippen molar-refractivity contribution in [1.82, 2.24) is 5.32 Å². The second-order valence-corrected chi connectivity index (χ2v) is 6.22. The topological polar surface area (TPSA) is 55.1 Å². The van der Waals surface area contributed by atoms with Crippen molar-refractivity contribution in [2.24, 2.45) is 17.6 Å². The molecule has 3 N–H and O–H groups in total. The lowest BCUT2D eigenvalue weighted by Gasteiger charge is -2.20. The molecule has 0 saturated heterocycles. The number of hydrogen-bond acceptors (Lipinski definition) is 2. The first-order valence-electron chi connectivity index (χ1n) is 7.46. The van der Waals surface area contributed by atoms with E-state index in [4.69, 9.17) is 5.73 Å². The highest BCUT2D eigenvalue weighted by atomic mass is 35.5. The van der Waals surface area contributed by atoms with E-state index in [1.165, 1.54) is 5.56 Å². The Bertz CT molecular complexity index is 429. The van der Waals surface area contributed by atoms with Gasteiger partial charge in [0.25, 0.3) is 0 Å². The molecule has 1 aromatic carbocycles. The van der Waals surface area contributed by atoms with Gasteiger partial charge in [0, 0.05) is 12.0 Å². The van der Waals surface area contributed by atoms with Crippen LogP contribution in [0.25, 0.3) is 0 Å². The maximum atomic E-state index is 12.0. The van der Waals surface area contributed by atoms with E-state index in [0.717, 1.165) is 12.0 Å². The molecular formula is C17H29ClN2O. The molecule has 1 rings (SSSR count). The Kier molecular flexibility index (Phi) is 8.60. The van der Waals surface area contributed by atoms with E-state index in [1.807, 2.05) is 20.8 Å². The van der Waals surface area contributed by atoms with Gasteiger partial charge in [-0.15, -0.1) is 12.4 Å². The van der Waals surface area contributed by atoms with Gasteiger partial charge in [0.15, 0.2) is 0 Å². The Morgan fingerprint density at radius 3 is 2.05 bits per heavy atom. The van der Waals surface area contributed by atoms with Gasteiger partial charge in [-0.05, 0) is 37.3 Å². The highest BCUT2D eigenvalue weighted by Crippen LogP contribution is 2.16. The van der Waals surface area contributed by atoms with Gasteiger partial charge in [-0.25, -0.2) is 0 Å². The number of halogens is 1. The zero-order valence-corrected chi connectivity index (χ0v) is 14.5. The van der Waals surface area contributed by atoms with Crippen LogP contribution in [0.5, 0.6) is 0 Å². The minimum atomic E-state index is -0.169. The average Bonchev–Trinajstić information content (AvgIpc) is 2.37. The summed E-state index contributed by atoms with van der Waals surface area (Å²) in [5.41, 5.74) is 8.22. The molecule has 0 fully saturated rings. The second kappa shape index (κ2) is 9.06. The molecular weight excluding hydrogens is 284 g/mol. The fourth-order valence-corrected chi connectivity index (χ4v) is 2.08. The minimum absolute atomic E-state index is 0. The molecule has 3 nitrogen and oxygen atoms in total. The molecule has 1 amide bonds. The SMILES string of the molecule is CC(C)Cc1ccc(C(C)NC(=O)C(C)C(C)N)cc1.Cl. The van der Waals surface area contributed by atoms with Crippen LogP contribution in [-0.4, -0.2) is 11.9 Å².